The van der Waals surface area contributed by atoms with Crippen LogP contribution < -0.4 is 10.6 Å². The lowest BCUT2D eigenvalue weighted by Crippen LogP contribution is -2.30. The molecule has 26 heavy (non-hydrogen) atoms. The summed E-state index contributed by atoms with van der Waals surface area (Å²) < 4.78 is 12.6. The number of hydrogen-bond donors (Lipinski definition) is 2. The number of aromatic nitrogens is 2. The van der Waals surface area contributed by atoms with Gasteiger partial charge in [0, 0.05) is 31.1 Å². The van der Waals surface area contributed by atoms with E-state index < -0.39 is 6.04 Å². The molecule has 142 valence electrons. The minimum absolute atomic E-state index is 0.127. The van der Waals surface area contributed by atoms with Crippen LogP contribution in [0.5, 0.6) is 0 Å². The first kappa shape index (κ1) is 20.1. The van der Waals surface area contributed by atoms with Crippen LogP contribution in [-0.4, -0.2) is 42.6 Å². The number of benzene rings is 1. The van der Waals surface area contributed by atoms with Gasteiger partial charge >= 0.3 is 0 Å². The lowest BCUT2D eigenvalue weighted by Gasteiger charge is -2.17. The number of rotatable bonds is 10. The normalized spacial score (nSPS) is 12.2. The number of nitrogens with one attached hydrogen (secondary N) is 2. The Balaban J connectivity index is 2.01. The second-order valence-corrected chi connectivity index (χ2v) is 6.00. The van der Waals surface area contributed by atoms with Crippen LogP contribution in [0.2, 0.25) is 0 Å². The van der Waals surface area contributed by atoms with Gasteiger partial charge in [-0.05, 0) is 38.1 Å². The minimum Gasteiger partial charge on any atom is -0.379 e. The van der Waals surface area contributed by atoms with Crippen LogP contribution in [0.1, 0.15) is 29.7 Å². The highest BCUT2D eigenvalue weighted by Gasteiger charge is 2.21. The zero-order valence-corrected chi connectivity index (χ0v) is 15.9. The van der Waals surface area contributed by atoms with Gasteiger partial charge in [0.25, 0.3) is 0 Å². The molecule has 0 saturated carbocycles. The Labute approximate surface area is 154 Å². The Hall–Kier alpha value is -2.22. The van der Waals surface area contributed by atoms with E-state index in [-0.39, 0.29) is 5.91 Å². The third kappa shape index (κ3) is 5.39. The third-order valence-corrected chi connectivity index (χ3v) is 4.15. The topological polar surface area (TPSA) is 77.4 Å². The zero-order valence-electron chi connectivity index (χ0n) is 15.9. The van der Waals surface area contributed by atoms with Gasteiger partial charge in [-0.3, -0.25) is 9.48 Å². The van der Waals surface area contributed by atoms with Crippen molar-refractivity contribution in [2.24, 2.45) is 7.05 Å². The van der Waals surface area contributed by atoms with Gasteiger partial charge in [0.1, 0.15) is 6.04 Å². The molecule has 7 heteroatoms. The largest absolute Gasteiger partial charge is 0.379 e. The molecule has 0 aliphatic carbocycles. The molecule has 0 bridgehead atoms. The monoisotopic (exact) mass is 360 g/mol. The highest BCUT2D eigenvalue weighted by molar-refractivity contribution is 5.96. The second kappa shape index (κ2) is 10.1. The summed E-state index contributed by atoms with van der Waals surface area (Å²) in [6.07, 6.45) is 3.52. The summed E-state index contributed by atoms with van der Waals surface area (Å²) in [6, 6.07) is 5.35. The Morgan fingerprint density at radius 2 is 2.08 bits per heavy atom. The quantitative estimate of drug-likeness (QED) is 0.635. The summed E-state index contributed by atoms with van der Waals surface area (Å²) in [4.78, 5) is 12.7. The maximum Gasteiger partial charge on any atom is 0.246 e. The van der Waals surface area contributed by atoms with E-state index in [9.17, 15) is 4.79 Å². The van der Waals surface area contributed by atoms with Crippen molar-refractivity contribution in [3.05, 3.63) is 47.3 Å². The van der Waals surface area contributed by atoms with Crippen molar-refractivity contribution >= 4 is 11.6 Å². The Bertz CT molecular complexity index is 715. The second-order valence-electron chi connectivity index (χ2n) is 6.00. The molecule has 1 atom stereocenters. The number of aryl methyl sites for hydroxylation is 1. The predicted octanol–water partition coefficient (Wildman–Crippen LogP) is 2.18. The highest BCUT2D eigenvalue weighted by Crippen LogP contribution is 2.22. The summed E-state index contributed by atoms with van der Waals surface area (Å²) in [7, 11) is 3.58. The van der Waals surface area contributed by atoms with Gasteiger partial charge in [0.15, 0.2) is 0 Å². The van der Waals surface area contributed by atoms with Crippen molar-refractivity contribution in [3.8, 4) is 0 Å². The molecule has 1 unspecified atom stereocenters. The smallest absolute Gasteiger partial charge is 0.246 e. The average Bonchev–Trinajstić information content (AvgIpc) is 3.04. The molecule has 0 saturated heterocycles. The van der Waals surface area contributed by atoms with E-state index in [4.69, 9.17) is 9.47 Å². The van der Waals surface area contributed by atoms with Gasteiger partial charge < -0.3 is 20.1 Å². The predicted molar refractivity (Wildman–Crippen MR) is 101 cm³/mol. The maximum absolute atomic E-state index is 12.7. The van der Waals surface area contributed by atoms with E-state index in [2.05, 4.69) is 15.7 Å². The van der Waals surface area contributed by atoms with Crippen LogP contribution in [0, 0.1) is 6.92 Å². The summed E-state index contributed by atoms with van der Waals surface area (Å²) in [6.45, 7) is 6.25. The SMILES string of the molecule is CCOCCOCc1cccc(NC(=O)C(NC)c2cnn(C)c2)c1C. The molecule has 0 spiro atoms. The molecule has 0 aliphatic heterocycles. The molecule has 0 radical (unpaired) electrons. The molecule has 1 aromatic heterocycles. The number of likely N-dealkylation sites (N-methyl/N-ethyl adjacent to an activating group) is 1. The Kier molecular flexibility index (Phi) is 7.77. The fourth-order valence-electron chi connectivity index (χ4n) is 2.66. The van der Waals surface area contributed by atoms with E-state index in [0.717, 1.165) is 22.4 Å². The lowest BCUT2D eigenvalue weighted by atomic mass is 10.1. The molecule has 7 nitrogen and oxygen atoms in total. The van der Waals surface area contributed by atoms with E-state index in [1.165, 1.54) is 0 Å². The van der Waals surface area contributed by atoms with Crippen molar-refractivity contribution in [1.29, 1.82) is 0 Å². The summed E-state index contributed by atoms with van der Waals surface area (Å²) in [5.41, 5.74) is 3.64. The van der Waals surface area contributed by atoms with Crippen LogP contribution >= 0.6 is 0 Å². The van der Waals surface area contributed by atoms with Gasteiger partial charge in [0.05, 0.1) is 26.0 Å². The number of nitrogens with zero attached hydrogens (tertiary/aromatic N) is 2. The van der Waals surface area contributed by atoms with Crippen molar-refractivity contribution in [2.75, 3.05) is 32.2 Å². The number of carbonyl (C=O) groups is 1. The molecule has 2 aromatic rings. The third-order valence-electron chi connectivity index (χ3n) is 4.15. The molecule has 2 N–H and O–H groups in total. The van der Waals surface area contributed by atoms with Crippen molar-refractivity contribution in [3.63, 3.8) is 0 Å². The number of anilines is 1. The molecule has 1 aromatic carbocycles. The highest BCUT2D eigenvalue weighted by atomic mass is 16.5. The van der Waals surface area contributed by atoms with Crippen molar-refractivity contribution in [1.82, 2.24) is 15.1 Å². The van der Waals surface area contributed by atoms with Crippen molar-refractivity contribution < 1.29 is 14.3 Å². The molecule has 0 aliphatic rings. The van der Waals surface area contributed by atoms with Gasteiger partial charge in [0.2, 0.25) is 5.91 Å². The molecular formula is C19H28N4O3. The Morgan fingerprint density at radius 3 is 2.73 bits per heavy atom. The summed E-state index contributed by atoms with van der Waals surface area (Å²) >= 11 is 0. The molecule has 1 amide bonds. The summed E-state index contributed by atoms with van der Waals surface area (Å²) in [5.74, 6) is -0.127. The van der Waals surface area contributed by atoms with Gasteiger partial charge in [-0.15, -0.1) is 0 Å². The number of carbonyl (C=O) groups excluding carboxylic acids is 1. The van der Waals surface area contributed by atoms with Crippen LogP contribution in [0.3, 0.4) is 0 Å². The van der Waals surface area contributed by atoms with Crippen molar-refractivity contribution in [2.45, 2.75) is 26.5 Å². The zero-order chi connectivity index (χ0) is 18.9. The standard InChI is InChI=1S/C19H28N4O3/c1-5-25-9-10-26-13-15-7-6-8-17(14(15)2)22-19(24)18(20-3)16-11-21-23(4)12-16/h6-8,11-12,18,20H,5,9-10,13H2,1-4H3,(H,22,24). The van der Waals surface area contributed by atoms with E-state index >= 15 is 0 Å². The number of hydrogen-bond acceptors (Lipinski definition) is 5. The lowest BCUT2D eigenvalue weighted by molar-refractivity contribution is -0.118. The first-order chi connectivity index (χ1) is 12.6. The number of amides is 1. The molecule has 0 fully saturated rings. The number of ether oxygens (including phenoxy) is 2. The fourth-order valence-corrected chi connectivity index (χ4v) is 2.66. The first-order valence-corrected chi connectivity index (χ1v) is 8.77. The molecule has 2 rings (SSSR count). The average molecular weight is 360 g/mol. The summed E-state index contributed by atoms with van der Waals surface area (Å²) in [5, 5.41) is 10.2. The maximum atomic E-state index is 12.7. The minimum atomic E-state index is -0.464. The van der Waals surface area contributed by atoms with E-state index in [0.29, 0.717) is 26.4 Å². The van der Waals surface area contributed by atoms with Gasteiger partial charge in [-0.2, -0.15) is 5.10 Å². The molecule has 1 heterocycles. The van der Waals surface area contributed by atoms with E-state index in [1.54, 1.807) is 17.9 Å². The van der Waals surface area contributed by atoms with Crippen LogP contribution in [0.15, 0.2) is 30.6 Å². The van der Waals surface area contributed by atoms with Crippen LogP contribution in [-0.2, 0) is 27.9 Å². The van der Waals surface area contributed by atoms with Crippen LogP contribution in [0.25, 0.3) is 0 Å². The molecular weight excluding hydrogens is 332 g/mol. The Morgan fingerprint density at radius 1 is 1.31 bits per heavy atom. The fraction of sp³-hybridized carbons (Fsp3) is 0.474. The first-order valence-electron chi connectivity index (χ1n) is 8.77. The van der Waals surface area contributed by atoms with Gasteiger partial charge in [-0.1, -0.05) is 12.1 Å². The van der Waals surface area contributed by atoms with Crippen LogP contribution in [0.4, 0.5) is 5.69 Å². The van der Waals surface area contributed by atoms with Gasteiger partial charge in [-0.25, -0.2) is 0 Å². The van der Waals surface area contributed by atoms with E-state index in [1.807, 2.05) is 45.3 Å².